The predicted molar refractivity (Wildman–Crippen MR) is 73.8 cm³/mol. The molecule has 11 heteroatoms. The third-order valence-electron chi connectivity index (χ3n) is 3.20. The van der Waals surface area contributed by atoms with E-state index < -0.39 is 48.7 Å². The van der Waals surface area contributed by atoms with Gasteiger partial charge in [-0.15, -0.1) is 0 Å². The highest BCUT2D eigenvalue weighted by Gasteiger charge is 2.37. The van der Waals surface area contributed by atoms with Crippen LogP contribution >= 0.6 is 0 Å². The molecule has 0 fully saturated rings. The lowest BCUT2D eigenvalue weighted by molar-refractivity contribution is -0.137. The third kappa shape index (κ3) is 5.07. The maximum absolute atomic E-state index is 13.0. The lowest BCUT2D eigenvalue weighted by Gasteiger charge is -2.27. The van der Waals surface area contributed by atoms with Crippen molar-refractivity contribution in [3.8, 4) is 0 Å². The Bertz CT molecular complexity index is 793. The summed E-state index contributed by atoms with van der Waals surface area (Å²) in [6, 6.07) is 3.20. The van der Waals surface area contributed by atoms with Crippen LogP contribution in [0.15, 0.2) is 29.1 Å². The van der Waals surface area contributed by atoms with E-state index in [1.165, 1.54) is 0 Å². The van der Waals surface area contributed by atoms with Gasteiger partial charge in [0.1, 0.15) is 13.1 Å². The van der Waals surface area contributed by atoms with Gasteiger partial charge in [0.05, 0.1) is 0 Å². The van der Waals surface area contributed by atoms with Gasteiger partial charge in [-0.25, -0.2) is 8.78 Å². The lowest BCUT2D eigenvalue weighted by atomic mass is 10.1. The van der Waals surface area contributed by atoms with Crippen LogP contribution in [0.5, 0.6) is 0 Å². The average molecular weight is 374 g/mol. The molecule has 0 aliphatic carbocycles. The lowest BCUT2D eigenvalue weighted by Crippen LogP contribution is -2.40. The number of fused-ring (bicyclic) bond motifs is 1. The number of rotatable bonds is 4. The van der Waals surface area contributed by atoms with Crippen LogP contribution in [0.2, 0.25) is 0 Å². The van der Waals surface area contributed by atoms with Crippen LogP contribution in [-0.2, 0) is 0 Å². The first-order chi connectivity index (χ1) is 11.4. The maximum atomic E-state index is 13.0. The smallest absolute Gasteiger partial charge is 0.353 e. The number of hydrogen-bond acceptors (Lipinski definition) is 2. The minimum absolute atomic E-state index is 0.0141. The van der Waals surface area contributed by atoms with Gasteiger partial charge in [-0.1, -0.05) is 0 Å². The summed E-state index contributed by atoms with van der Waals surface area (Å²) in [5, 5.41) is -0.332. The number of aromatic nitrogens is 1. The summed E-state index contributed by atoms with van der Waals surface area (Å²) in [6.45, 7) is -3.82. The van der Waals surface area contributed by atoms with Crippen molar-refractivity contribution in [2.45, 2.75) is 18.8 Å². The molecule has 0 unspecified atom stereocenters. The third-order valence-corrected chi connectivity index (χ3v) is 3.20. The van der Waals surface area contributed by atoms with Crippen molar-refractivity contribution in [1.82, 2.24) is 4.98 Å². The van der Waals surface area contributed by atoms with Gasteiger partial charge in [0.2, 0.25) is 5.56 Å². The Kier molecular flexibility index (Phi) is 4.96. The number of nitrogens with zero attached hydrogens (tertiary/aromatic N) is 1. The fraction of sp³-hybridized carbons (Fsp3) is 0.357. The Labute approximate surface area is 134 Å². The summed E-state index contributed by atoms with van der Waals surface area (Å²) in [5.74, 6) is 0. The predicted octanol–water partition coefficient (Wildman–Crippen LogP) is 4.40. The van der Waals surface area contributed by atoms with Crippen LogP contribution in [-0.4, -0.2) is 30.4 Å². The van der Waals surface area contributed by atoms with Crippen molar-refractivity contribution < 1.29 is 35.1 Å². The topological polar surface area (TPSA) is 36.1 Å². The standard InChI is InChI=1S/C14H10F8N2O/c15-12(16)9-4-11(25)23-10-2-1-7(3-8(9)10)24(5-13(17,18)19)6-14(20,21)22/h1-4,12H,5-6H2,(H,23,25). The molecule has 0 bridgehead atoms. The van der Waals surface area contributed by atoms with Crippen LogP contribution in [0, 0.1) is 0 Å². The molecule has 3 nitrogen and oxygen atoms in total. The number of alkyl halides is 8. The van der Waals surface area contributed by atoms with Gasteiger partial charge >= 0.3 is 12.4 Å². The molecule has 1 aromatic heterocycles. The van der Waals surface area contributed by atoms with Gasteiger partial charge in [-0.3, -0.25) is 4.79 Å². The monoisotopic (exact) mass is 374 g/mol. The Morgan fingerprint density at radius 1 is 0.960 bits per heavy atom. The zero-order chi connectivity index (χ0) is 19.0. The molecular formula is C14H10F8N2O. The molecule has 2 aromatic rings. The number of H-pyrrole nitrogens is 1. The molecule has 1 N–H and O–H groups in total. The first-order valence-corrected chi connectivity index (χ1v) is 6.69. The molecule has 0 saturated heterocycles. The molecular weight excluding hydrogens is 364 g/mol. The zero-order valence-electron chi connectivity index (χ0n) is 12.2. The van der Waals surface area contributed by atoms with Crippen LogP contribution in [0.4, 0.5) is 40.8 Å². The van der Waals surface area contributed by atoms with Gasteiger partial charge in [0.25, 0.3) is 6.43 Å². The second-order valence-corrected chi connectivity index (χ2v) is 5.21. The first kappa shape index (κ1) is 19.0. The summed E-state index contributed by atoms with van der Waals surface area (Å²) < 4.78 is 101. The van der Waals surface area contributed by atoms with E-state index >= 15 is 0 Å². The van der Waals surface area contributed by atoms with Crippen LogP contribution in [0.1, 0.15) is 12.0 Å². The zero-order valence-corrected chi connectivity index (χ0v) is 12.2. The highest BCUT2D eigenvalue weighted by atomic mass is 19.4. The number of aromatic amines is 1. The molecule has 138 valence electrons. The SMILES string of the molecule is O=c1cc(C(F)F)c2cc(N(CC(F)(F)F)CC(F)(F)F)ccc2[nH]1. The van der Waals surface area contributed by atoms with E-state index in [0.29, 0.717) is 6.07 Å². The molecule has 0 radical (unpaired) electrons. The van der Waals surface area contributed by atoms with Crippen molar-refractivity contribution >= 4 is 16.6 Å². The second kappa shape index (κ2) is 6.52. The van der Waals surface area contributed by atoms with E-state index in [4.69, 9.17) is 0 Å². The molecule has 0 amide bonds. The van der Waals surface area contributed by atoms with Crippen molar-refractivity contribution in [2.24, 2.45) is 0 Å². The van der Waals surface area contributed by atoms with E-state index in [9.17, 15) is 39.9 Å². The van der Waals surface area contributed by atoms with Crippen molar-refractivity contribution in [3.63, 3.8) is 0 Å². The van der Waals surface area contributed by atoms with Gasteiger partial charge in [0, 0.05) is 28.2 Å². The summed E-state index contributed by atoms with van der Waals surface area (Å²) in [7, 11) is 0. The molecule has 0 aliphatic rings. The fourth-order valence-electron chi connectivity index (χ4n) is 2.32. The Hall–Kier alpha value is -2.33. The summed E-state index contributed by atoms with van der Waals surface area (Å²) in [4.78, 5) is 13.5. The number of nitrogens with one attached hydrogen (secondary N) is 1. The summed E-state index contributed by atoms with van der Waals surface area (Å²) in [5.41, 5.74) is -2.31. The average Bonchev–Trinajstić information content (AvgIpc) is 2.42. The van der Waals surface area contributed by atoms with E-state index in [2.05, 4.69) is 4.98 Å². The van der Waals surface area contributed by atoms with Gasteiger partial charge in [-0.2, -0.15) is 26.3 Å². The van der Waals surface area contributed by atoms with Gasteiger partial charge in [0.15, 0.2) is 0 Å². The number of hydrogen-bond donors (Lipinski definition) is 1. The Balaban J connectivity index is 2.57. The molecule has 1 aromatic carbocycles. The molecule has 0 saturated carbocycles. The Morgan fingerprint density at radius 2 is 1.52 bits per heavy atom. The van der Waals surface area contributed by atoms with E-state index in [-0.39, 0.29) is 15.8 Å². The molecule has 0 aliphatic heterocycles. The van der Waals surface area contributed by atoms with Crippen molar-refractivity contribution in [1.29, 1.82) is 0 Å². The minimum Gasteiger partial charge on any atom is -0.353 e. The highest BCUT2D eigenvalue weighted by Crippen LogP contribution is 2.31. The van der Waals surface area contributed by atoms with Crippen molar-refractivity contribution in [2.75, 3.05) is 18.0 Å². The largest absolute Gasteiger partial charge is 0.405 e. The van der Waals surface area contributed by atoms with E-state index in [0.717, 1.165) is 18.2 Å². The maximum Gasteiger partial charge on any atom is 0.405 e. The normalized spacial score (nSPS) is 12.8. The molecule has 0 spiro atoms. The highest BCUT2D eigenvalue weighted by molar-refractivity contribution is 5.85. The van der Waals surface area contributed by atoms with Crippen LogP contribution < -0.4 is 10.5 Å². The number of anilines is 1. The van der Waals surface area contributed by atoms with Crippen LogP contribution in [0.25, 0.3) is 10.9 Å². The molecule has 25 heavy (non-hydrogen) atoms. The quantitative estimate of drug-likeness (QED) is 0.806. The Morgan fingerprint density at radius 3 is 2.00 bits per heavy atom. The van der Waals surface area contributed by atoms with Crippen molar-refractivity contribution in [3.05, 3.63) is 40.2 Å². The number of halogens is 8. The van der Waals surface area contributed by atoms with Gasteiger partial charge < -0.3 is 9.88 Å². The fourth-order valence-corrected chi connectivity index (χ4v) is 2.32. The summed E-state index contributed by atoms with van der Waals surface area (Å²) >= 11 is 0. The number of pyridine rings is 1. The summed E-state index contributed by atoms with van der Waals surface area (Å²) in [6.07, 6.45) is -13.0. The van der Waals surface area contributed by atoms with Gasteiger partial charge in [-0.05, 0) is 18.2 Å². The number of benzene rings is 1. The molecule has 1 heterocycles. The second-order valence-electron chi connectivity index (χ2n) is 5.21. The van der Waals surface area contributed by atoms with Crippen LogP contribution in [0.3, 0.4) is 0 Å². The van der Waals surface area contributed by atoms with E-state index in [1.807, 2.05) is 0 Å². The first-order valence-electron chi connectivity index (χ1n) is 6.69. The minimum atomic E-state index is -4.93. The van der Waals surface area contributed by atoms with E-state index in [1.54, 1.807) is 0 Å². The molecule has 2 rings (SSSR count). The molecule has 0 atom stereocenters.